The quantitative estimate of drug-likeness (QED) is 0.0399. The third-order valence-electron chi connectivity index (χ3n) is 14.3. The highest BCUT2D eigenvalue weighted by atomic mass is 79.9. The van der Waals surface area contributed by atoms with Crippen LogP contribution in [0.4, 0.5) is 0 Å². The molecule has 0 saturated heterocycles. The fourth-order valence-electron chi connectivity index (χ4n) is 11.1. The summed E-state index contributed by atoms with van der Waals surface area (Å²) in [5.41, 5.74) is 18.0. The molecular weight excluding hydrogens is 819 g/mol. The van der Waals surface area contributed by atoms with Crippen LogP contribution in [0.25, 0.3) is 22.3 Å². The van der Waals surface area contributed by atoms with Gasteiger partial charge in [-0.2, -0.15) is 0 Å². The van der Waals surface area contributed by atoms with Gasteiger partial charge in [-0.25, -0.2) is 0 Å². The van der Waals surface area contributed by atoms with E-state index in [4.69, 9.17) is 9.47 Å². The van der Waals surface area contributed by atoms with Gasteiger partial charge < -0.3 is 9.47 Å². The topological polar surface area (TPSA) is 18.5 Å². The average molecular weight is 894 g/mol. The Morgan fingerprint density at radius 3 is 1.45 bits per heavy atom. The SMILES string of the molecule is Bc1ccc2c(c1)C(CCCCCCCC)(CCCCCCCC)c1cc3c(cc1-2)C(c1ccc(CCCOCC)cc1)(c1ccc(CCCOCC)cc1)c1cc(Br)ccc1-3. The van der Waals surface area contributed by atoms with E-state index in [1.807, 2.05) is 0 Å². The van der Waals surface area contributed by atoms with Gasteiger partial charge in [-0.1, -0.05) is 185 Å². The third kappa shape index (κ3) is 9.94. The zero-order valence-electron chi connectivity index (χ0n) is 39.0. The molecule has 0 amide bonds. The molecule has 2 aliphatic rings. The maximum Gasteiger partial charge on any atom is 0.139 e. The van der Waals surface area contributed by atoms with E-state index in [0.29, 0.717) is 0 Å². The van der Waals surface area contributed by atoms with E-state index < -0.39 is 5.41 Å². The van der Waals surface area contributed by atoms with Crippen LogP contribution < -0.4 is 5.46 Å². The van der Waals surface area contributed by atoms with Crippen LogP contribution in [0.15, 0.2) is 102 Å². The minimum absolute atomic E-state index is 0.0221. The van der Waals surface area contributed by atoms with Crippen LogP contribution in [0.3, 0.4) is 0 Å². The average Bonchev–Trinajstić information content (AvgIpc) is 3.71. The molecule has 0 spiro atoms. The number of aryl methyl sites for hydroxylation is 2. The van der Waals surface area contributed by atoms with Crippen molar-refractivity contribution in [1.82, 2.24) is 0 Å². The van der Waals surface area contributed by atoms with Crippen LogP contribution in [0.5, 0.6) is 0 Å². The molecule has 7 rings (SSSR count). The van der Waals surface area contributed by atoms with Gasteiger partial charge in [0.05, 0.1) is 5.41 Å². The summed E-state index contributed by atoms with van der Waals surface area (Å²) in [6, 6.07) is 39.3. The molecular formula is C58H74BBrO2. The molecule has 0 unspecified atom stereocenters. The van der Waals surface area contributed by atoms with E-state index in [9.17, 15) is 0 Å². The summed E-state index contributed by atoms with van der Waals surface area (Å²) < 4.78 is 12.6. The predicted octanol–water partition coefficient (Wildman–Crippen LogP) is 14.8. The second-order valence-corrected chi connectivity index (χ2v) is 19.5. The highest BCUT2D eigenvalue weighted by molar-refractivity contribution is 9.10. The Labute approximate surface area is 385 Å². The van der Waals surface area contributed by atoms with Gasteiger partial charge in [0, 0.05) is 36.3 Å². The summed E-state index contributed by atoms with van der Waals surface area (Å²) in [6.07, 6.45) is 22.5. The summed E-state index contributed by atoms with van der Waals surface area (Å²) in [7, 11) is 2.31. The van der Waals surface area contributed by atoms with Crippen LogP contribution in [-0.4, -0.2) is 34.3 Å². The monoisotopic (exact) mass is 892 g/mol. The summed E-state index contributed by atoms with van der Waals surface area (Å²) >= 11 is 3.99. The number of hydrogen-bond donors (Lipinski definition) is 0. The highest BCUT2D eigenvalue weighted by Crippen LogP contribution is 2.62. The summed E-state index contributed by atoms with van der Waals surface area (Å²) in [4.78, 5) is 0. The standard InChI is InChI=1S/C58H74BBrO2/c1-5-9-11-13-15-17-35-57(36-18-16-14-12-10-6-2)53-39-47(59)31-33-49(53)51-42-56-52(41-54(51)57)50-34-32-48(60)40-55(50)58(56,45-27-23-43(24-28-45)21-19-37-61-7-3)46-29-25-44(26-30-46)22-20-38-62-8-4/h23-34,39-42H,5-22,35-38,59H2,1-4H3. The van der Waals surface area contributed by atoms with Crippen molar-refractivity contribution in [3.63, 3.8) is 0 Å². The van der Waals surface area contributed by atoms with Gasteiger partial charge >= 0.3 is 0 Å². The van der Waals surface area contributed by atoms with Crippen molar-refractivity contribution in [2.75, 3.05) is 26.4 Å². The molecule has 0 saturated carbocycles. The van der Waals surface area contributed by atoms with Gasteiger partial charge in [0.2, 0.25) is 0 Å². The van der Waals surface area contributed by atoms with Crippen molar-refractivity contribution in [3.05, 3.63) is 146 Å². The van der Waals surface area contributed by atoms with Gasteiger partial charge in [-0.15, -0.1) is 0 Å². The molecule has 2 aliphatic carbocycles. The Morgan fingerprint density at radius 2 is 0.903 bits per heavy atom. The van der Waals surface area contributed by atoms with Gasteiger partial charge in [0.25, 0.3) is 0 Å². The first-order valence-corrected chi connectivity index (χ1v) is 25.7. The van der Waals surface area contributed by atoms with Crippen molar-refractivity contribution >= 4 is 29.2 Å². The fraction of sp³-hybridized carbons (Fsp3) is 0.483. The molecule has 0 aliphatic heterocycles. The summed E-state index contributed by atoms with van der Waals surface area (Å²) in [5.74, 6) is 0. The van der Waals surface area contributed by atoms with E-state index in [0.717, 1.165) is 56.6 Å². The summed E-state index contributed by atoms with van der Waals surface area (Å²) in [5, 5.41) is 0. The van der Waals surface area contributed by atoms with Gasteiger partial charge in [-0.3, -0.25) is 0 Å². The minimum Gasteiger partial charge on any atom is -0.382 e. The molecule has 0 bridgehead atoms. The van der Waals surface area contributed by atoms with Crippen LogP contribution >= 0.6 is 15.9 Å². The van der Waals surface area contributed by atoms with Crippen molar-refractivity contribution < 1.29 is 9.47 Å². The highest BCUT2D eigenvalue weighted by Gasteiger charge is 2.50. The zero-order valence-corrected chi connectivity index (χ0v) is 40.6. The van der Waals surface area contributed by atoms with Crippen molar-refractivity contribution in [2.24, 2.45) is 0 Å². The second-order valence-electron chi connectivity index (χ2n) is 18.5. The molecule has 0 radical (unpaired) electrons. The van der Waals surface area contributed by atoms with Crippen molar-refractivity contribution in [3.8, 4) is 22.3 Å². The lowest BCUT2D eigenvalue weighted by molar-refractivity contribution is 0.145. The molecule has 0 heterocycles. The molecule has 2 nitrogen and oxygen atoms in total. The van der Waals surface area contributed by atoms with Crippen LogP contribution in [0.2, 0.25) is 0 Å². The van der Waals surface area contributed by atoms with Crippen LogP contribution in [-0.2, 0) is 33.1 Å². The Balaban J connectivity index is 1.40. The van der Waals surface area contributed by atoms with E-state index in [-0.39, 0.29) is 5.41 Å². The number of rotatable bonds is 26. The lowest BCUT2D eigenvalue weighted by Crippen LogP contribution is -2.29. The number of ether oxygens (including phenoxy) is 2. The van der Waals surface area contributed by atoms with E-state index in [1.165, 1.54) is 151 Å². The normalized spacial score (nSPS) is 14.1. The van der Waals surface area contributed by atoms with E-state index >= 15 is 0 Å². The Hall–Kier alpha value is -3.44. The van der Waals surface area contributed by atoms with Gasteiger partial charge in [-0.05, 0) is 143 Å². The maximum atomic E-state index is 5.72. The van der Waals surface area contributed by atoms with E-state index in [1.54, 1.807) is 11.1 Å². The molecule has 5 aromatic rings. The molecule has 5 aromatic carbocycles. The van der Waals surface area contributed by atoms with Crippen molar-refractivity contribution in [2.45, 2.75) is 154 Å². The van der Waals surface area contributed by atoms with Crippen LogP contribution in [0, 0.1) is 0 Å². The number of fused-ring (bicyclic) bond motifs is 6. The van der Waals surface area contributed by atoms with E-state index in [2.05, 4.69) is 149 Å². The molecule has 0 aromatic heterocycles. The second kappa shape index (κ2) is 22.5. The molecule has 0 N–H and O–H groups in total. The van der Waals surface area contributed by atoms with Gasteiger partial charge in [0.15, 0.2) is 0 Å². The smallest absolute Gasteiger partial charge is 0.139 e. The number of unbranched alkanes of at least 4 members (excludes halogenated alkanes) is 10. The Kier molecular flexibility index (Phi) is 16.9. The maximum absolute atomic E-state index is 5.72. The molecule has 4 heteroatoms. The first kappa shape index (κ1) is 46.6. The first-order valence-electron chi connectivity index (χ1n) is 24.9. The molecule has 62 heavy (non-hydrogen) atoms. The van der Waals surface area contributed by atoms with Gasteiger partial charge in [0.1, 0.15) is 7.85 Å². The van der Waals surface area contributed by atoms with Crippen LogP contribution in [0.1, 0.15) is 175 Å². The number of hydrogen-bond acceptors (Lipinski definition) is 2. The third-order valence-corrected chi connectivity index (χ3v) is 14.8. The molecule has 328 valence electrons. The first-order chi connectivity index (χ1) is 30.4. The zero-order chi connectivity index (χ0) is 43.4. The predicted molar refractivity (Wildman–Crippen MR) is 271 cm³/mol. The lowest BCUT2D eigenvalue weighted by Gasteiger charge is -2.35. The number of benzene rings is 5. The molecule has 0 fully saturated rings. The Morgan fingerprint density at radius 1 is 0.452 bits per heavy atom. The fourth-order valence-corrected chi connectivity index (χ4v) is 11.5. The largest absolute Gasteiger partial charge is 0.382 e. The Bertz CT molecular complexity index is 2120. The summed E-state index contributed by atoms with van der Waals surface area (Å²) in [6.45, 7) is 12.0. The van der Waals surface area contributed by atoms with Crippen molar-refractivity contribution in [1.29, 1.82) is 0 Å². The minimum atomic E-state index is -0.480. The number of halogens is 1. The lowest BCUT2D eigenvalue weighted by atomic mass is 9.66. The molecule has 0 atom stereocenters.